The van der Waals surface area contributed by atoms with E-state index in [2.05, 4.69) is 18.9 Å². The van der Waals surface area contributed by atoms with Gasteiger partial charge in [0.05, 0.1) is 0 Å². The molecule has 0 radical (unpaired) electrons. The summed E-state index contributed by atoms with van der Waals surface area (Å²) >= 11 is 0. The molecule has 1 atom stereocenters. The fourth-order valence-electron chi connectivity index (χ4n) is 3.21. The van der Waals surface area contributed by atoms with Gasteiger partial charge in [0.15, 0.2) is 0 Å². The Labute approximate surface area is 82.5 Å². The molecule has 76 valence electrons. The molecule has 0 aromatic carbocycles. The number of piperidine rings is 1. The molecule has 1 aliphatic heterocycles. The highest BCUT2D eigenvalue weighted by atomic mass is 15.1. The van der Waals surface area contributed by atoms with E-state index in [1.165, 1.54) is 51.5 Å². The third kappa shape index (κ3) is 1.90. The molecule has 0 N–H and O–H groups in total. The average Bonchev–Trinajstić information content (AvgIpc) is 2.14. The Morgan fingerprint density at radius 1 is 1.08 bits per heavy atom. The summed E-state index contributed by atoms with van der Waals surface area (Å²) in [5.41, 5.74) is 0.736. The van der Waals surface area contributed by atoms with Crippen LogP contribution in [0.3, 0.4) is 0 Å². The predicted octanol–water partition coefficient (Wildman–Crippen LogP) is 3.05. The summed E-state index contributed by atoms with van der Waals surface area (Å²) in [6, 6.07) is 0.826. The molecule has 0 amide bonds. The fraction of sp³-hybridized carbons (Fsp3) is 1.00. The largest absolute Gasteiger partial charge is 0.303 e. The van der Waals surface area contributed by atoms with Gasteiger partial charge in [-0.25, -0.2) is 0 Å². The second kappa shape index (κ2) is 3.61. The second-order valence-corrected chi connectivity index (χ2v) is 5.36. The third-order valence-corrected chi connectivity index (χ3v) is 4.34. The molecule has 1 spiro atoms. The lowest BCUT2D eigenvalue weighted by molar-refractivity contribution is 0.0386. The molecule has 1 nitrogen and oxygen atoms in total. The highest BCUT2D eigenvalue weighted by Crippen LogP contribution is 2.43. The van der Waals surface area contributed by atoms with Gasteiger partial charge in [0, 0.05) is 12.6 Å². The van der Waals surface area contributed by atoms with Gasteiger partial charge in [-0.05, 0) is 45.1 Å². The Balaban J connectivity index is 1.99. The van der Waals surface area contributed by atoms with Gasteiger partial charge in [-0.15, -0.1) is 0 Å². The van der Waals surface area contributed by atoms with Crippen LogP contribution in [0.15, 0.2) is 0 Å². The van der Waals surface area contributed by atoms with E-state index in [4.69, 9.17) is 0 Å². The van der Waals surface area contributed by atoms with Crippen LogP contribution in [0.1, 0.15) is 51.9 Å². The van der Waals surface area contributed by atoms with E-state index in [1.807, 2.05) is 0 Å². The van der Waals surface area contributed by atoms with Gasteiger partial charge in [0.2, 0.25) is 0 Å². The Morgan fingerprint density at radius 3 is 2.38 bits per heavy atom. The third-order valence-electron chi connectivity index (χ3n) is 4.34. The summed E-state index contributed by atoms with van der Waals surface area (Å²) in [5, 5.41) is 0. The van der Waals surface area contributed by atoms with Gasteiger partial charge in [0.25, 0.3) is 0 Å². The Morgan fingerprint density at radius 2 is 1.77 bits per heavy atom. The van der Waals surface area contributed by atoms with E-state index < -0.39 is 0 Å². The SMILES string of the molecule is CC1CCC2(CCCCC2)CN1C. The van der Waals surface area contributed by atoms with Crippen molar-refractivity contribution in [2.24, 2.45) is 5.41 Å². The van der Waals surface area contributed by atoms with E-state index in [0.717, 1.165) is 11.5 Å². The van der Waals surface area contributed by atoms with Crippen LogP contribution in [0.25, 0.3) is 0 Å². The van der Waals surface area contributed by atoms with Crippen LogP contribution in [-0.4, -0.2) is 24.5 Å². The van der Waals surface area contributed by atoms with Crippen molar-refractivity contribution in [3.8, 4) is 0 Å². The zero-order chi connectivity index (χ0) is 9.31. The van der Waals surface area contributed by atoms with Crippen LogP contribution in [0.5, 0.6) is 0 Å². The smallest absolute Gasteiger partial charge is 0.00643 e. The lowest BCUT2D eigenvalue weighted by Crippen LogP contribution is -2.46. The Hall–Kier alpha value is -0.0400. The van der Waals surface area contributed by atoms with Crippen molar-refractivity contribution in [3.63, 3.8) is 0 Å². The van der Waals surface area contributed by atoms with Gasteiger partial charge in [-0.1, -0.05) is 19.3 Å². The minimum absolute atomic E-state index is 0.736. The van der Waals surface area contributed by atoms with E-state index in [0.29, 0.717) is 0 Å². The van der Waals surface area contributed by atoms with Gasteiger partial charge < -0.3 is 4.90 Å². The van der Waals surface area contributed by atoms with Gasteiger partial charge in [-0.2, -0.15) is 0 Å². The molecule has 0 aromatic heterocycles. The minimum atomic E-state index is 0.736. The lowest BCUT2D eigenvalue weighted by Gasteiger charge is -2.47. The molecular formula is C12H23N. The fourth-order valence-corrected chi connectivity index (χ4v) is 3.21. The van der Waals surface area contributed by atoms with Crippen molar-refractivity contribution in [1.29, 1.82) is 0 Å². The molecule has 1 heteroatoms. The molecule has 1 unspecified atom stereocenters. The zero-order valence-electron chi connectivity index (χ0n) is 9.18. The van der Waals surface area contributed by atoms with Crippen LogP contribution >= 0.6 is 0 Å². The average molecular weight is 181 g/mol. The van der Waals surface area contributed by atoms with Gasteiger partial charge in [0.1, 0.15) is 0 Å². The van der Waals surface area contributed by atoms with E-state index in [1.54, 1.807) is 0 Å². The van der Waals surface area contributed by atoms with Crippen molar-refractivity contribution >= 4 is 0 Å². The van der Waals surface area contributed by atoms with E-state index in [9.17, 15) is 0 Å². The highest BCUT2D eigenvalue weighted by molar-refractivity contribution is 4.90. The van der Waals surface area contributed by atoms with Crippen LogP contribution in [0, 0.1) is 5.41 Å². The molecule has 1 aliphatic carbocycles. The van der Waals surface area contributed by atoms with E-state index in [-0.39, 0.29) is 0 Å². The second-order valence-electron chi connectivity index (χ2n) is 5.36. The summed E-state index contributed by atoms with van der Waals surface area (Å²) in [6.07, 6.45) is 10.4. The molecule has 1 heterocycles. The Kier molecular flexibility index (Phi) is 2.64. The molecule has 1 saturated heterocycles. The van der Waals surface area contributed by atoms with Crippen molar-refractivity contribution in [2.45, 2.75) is 57.9 Å². The van der Waals surface area contributed by atoms with Crippen LogP contribution in [0.4, 0.5) is 0 Å². The lowest BCUT2D eigenvalue weighted by atomic mass is 9.68. The maximum atomic E-state index is 2.58. The van der Waals surface area contributed by atoms with Crippen molar-refractivity contribution < 1.29 is 0 Å². The van der Waals surface area contributed by atoms with Crippen molar-refractivity contribution in [3.05, 3.63) is 0 Å². The summed E-state index contributed by atoms with van der Waals surface area (Å²) in [7, 11) is 2.31. The summed E-state index contributed by atoms with van der Waals surface area (Å²) in [4.78, 5) is 2.58. The quantitative estimate of drug-likeness (QED) is 0.555. The minimum Gasteiger partial charge on any atom is -0.303 e. The first-order valence-electron chi connectivity index (χ1n) is 5.92. The maximum Gasteiger partial charge on any atom is 0.00643 e. The van der Waals surface area contributed by atoms with Crippen LogP contribution < -0.4 is 0 Å². The van der Waals surface area contributed by atoms with Gasteiger partial charge in [-0.3, -0.25) is 0 Å². The standard InChI is InChI=1S/C12H23N/c1-11-6-9-12(10-13(11)2)7-4-3-5-8-12/h11H,3-10H2,1-2H3. The highest BCUT2D eigenvalue weighted by Gasteiger charge is 2.37. The predicted molar refractivity (Wildman–Crippen MR) is 56.8 cm³/mol. The normalized spacial score (nSPS) is 35.1. The molecule has 1 saturated carbocycles. The number of hydrogen-bond acceptors (Lipinski definition) is 1. The van der Waals surface area contributed by atoms with E-state index >= 15 is 0 Å². The first kappa shape index (κ1) is 9.51. The molecule has 2 fully saturated rings. The summed E-state index contributed by atoms with van der Waals surface area (Å²) in [6.45, 7) is 3.74. The number of nitrogens with zero attached hydrogens (tertiary/aromatic N) is 1. The molecule has 2 aliphatic rings. The zero-order valence-corrected chi connectivity index (χ0v) is 9.18. The van der Waals surface area contributed by atoms with Crippen molar-refractivity contribution in [1.82, 2.24) is 4.90 Å². The number of likely N-dealkylation sites (tertiary alicyclic amines) is 1. The summed E-state index contributed by atoms with van der Waals surface area (Å²) < 4.78 is 0. The topological polar surface area (TPSA) is 3.24 Å². The van der Waals surface area contributed by atoms with Crippen LogP contribution in [0.2, 0.25) is 0 Å². The molecule has 2 rings (SSSR count). The Bertz CT molecular complexity index is 170. The first-order chi connectivity index (χ1) is 6.22. The molecule has 13 heavy (non-hydrogen) atoms. The molecule has 0 bridgehead atoms. The van der Waals surface area contributed by atoms with Crippen LogP contribution in [-0.2, 0) is 0 Å². The monoisotopic (exact) mass is 181 g/mol. The molecular weight excluding hydrogens is 158 g/mol. The molecule has 0 aromatic rings. The maximum absolute atomic E-state index is 2.58. The first-order valence-corrected chi connectivity index (χ1v) is 5.92. The van der Waals surface area contributed by atoms with Crippen molar-refractivity contribution in [2.75, 3.05) is 13.6 Å². The number of rotatable bonds is 0. The summed E-state index contributed by atoms with van der Waals surface area (Å²) in [5.74, 6) is 0. The number of hydrogen-bond donors (Lipinski definition) is 0. The van der Waals surface area contributed by atoms with Gasteiger partial charge >= 0.3 is 0 Å².